The number of halogens is 2. The third kappa shape index (κ3) is 2.79. The number of hydrogen-bond donors (Lipinski definition) is 0. The van der Waals surface area contributed by atoms with E-state index in [-0.39, 0.29) is 28.8 Å². The molecule has 174 valence electrons. The van der Waals surface area contributed by atoms with Gasteiger partial charge in [0.15, 0.2) is 11.0 Å². The van der Waals surface area contributed by atoms with Gasteiger partial charge in [0.05, 0.1) is 16.6 Å². The van der Waals surface area contributed by atoms with Gasteiger partial charge in [0.25, 0.3) is 11.8 Å². The Morgan fingerprint density at radius 3 is 2.49 bits per heavy atom. The maximum absolute atomic E-state index is 14.2. The zero-order valence-electron chi connectivity index (χ0n) is 18.5. The van der Waals surface area contributed by atoms with Gasteiger partial charge in [-0.25, -0.2) is 4.39 Å². The summed E-state index contributed by atoms with van der Waals surface area (Å²) >= 11 is 6.16. The number of anilines is 1. The maximum Gasteiger partial charge on any atom is 0.291 e. The molecular weight excluding hydrogens is 471 g/mol. The number of hydrogen-bond acceptors (Lipinski definition) is 4. The van der Waals surface area contributed by atoms with Crippen LogP contribution in [-0.4, -0.2) is 23.3 Å². The molecule has 35 heavy (non-hydrogen) atoms. The maximum atomic E-state index is 14.2. The van der Waals surface area contributed by atoms with Gasteiger partial charge in [-0.15, -0.1) is 0 Å². The molecular formula is C27H18ClFN2O4. The molecule has 1 atom stereocenters. The zero-order valence-corrected chi connectivity index (χ0v) is 19.3. The van der Waals surface area contributed by atoms with Crippen molar-refractivity contribution in [2.24, 2.45) is 0 Å². The fourth-order valence-electron chi connectivity index (χ4n) is 5.27. The summed E-state index contributed by atoms with van der Waals surface area (Å²) in [5.41, 5.74) is -0.272. The SMILES string of the molecule is CCN1C(=O)C2(c3ccccc31)c1c(oc3ccc(Cl)cc3c1=O)C(=O)N2Cc1ccc(F)cc1. The Hall–Kier alpha value is -3.97. The van der Waals surface area contributed by atoms with Crippen molar-refractivity contribution in [1.29, 1.82) is 0 Å². The van der Waals surface area contributed by atoms with E-state index in [1.54, 1.807) is 47.4 Å². The Bertz CT molecular complexity index is 1610. The lowest BCUT2D eigenvalue weighted by atomic mass is 9.83. The summed E-state index contributed by atoms with van der Waals surface area (Å²) in [5.74, 6) is -1.59. The fourth-order valence-corrected chi connectivity index (χ4v) is 5.44. The highest BCUT2D eigenvalue weighted by molar-refractivity contribution is 6.31. The van der Waals surface area contributed by atoms with Gasteiger partial charge in [-0.05, 0) is 48.9 Å². The van der Waals surface area contributed by atoms with Crippen LogP contribution in [0, 0.1) is 5.82 Å². The Labute approximate surface area is 204 Å². The van der Waals surface area contributed by atoms with Crippen molar-refractivity contribution in [2.75, 3.05) is 11.4 Å². The summed E-state index contributed by atoms with van der Waals surface area (Å²) < 4.78 is 19.6. The first-order chi connectivity index (χ1) is 16.9. The van der Waals surface area contributed by atoms with Gasteiger partial charge in [-0.2, -0.15) is 0 Å². The lowest BCUT2D eigenvalue weighted by Crippen LogP contribution is -2.53. The molecule has 1 spiro atoms. The van der Waals surface area contributed by atoms with E-state index in [0.29, 0.717) is 28.4 Å². The predicted molar refractivity (Wildman–Crippen MR) is 129 cm³/mol. The quantitative estimate of drug-likeness (QED) is 0.413. The molecule has 3 heterocycles. The van der Waals surface area contributed by atoms with Crippen molar-refractivity contribution in [3.8, 4) is 0 Å². The van der Waals surface area contributed by atoms with E-state index >= 15 is 0 Å². The highest BCUT2D eigenvalue weighted by Crippen LogP contribution is 2.53. The summed E-state index contributed by atoms with van der Waals surface area (Å²) in [5, 5.41) is 0.520. The van der Waals surface area contributed by atoms with Gasteiger partial charge in [0.2, 0.25) is 5.76 Å². The predicted octanol–water partition coefficient (Wildman–Crippen LogP) is 4.85. The summed E-state index contributed by atoms with van der Waals surface area (Å²) in [4.78, 5) is 45.0. The molecule has 1 unspecified atom stereocenters. The number of benzene rings is 3. The second kappa shape index (κ2) is 7.52. The number of likely N-dealkylation sites (N-methyl/N-ethyl adjacent to an activating group) is 1. The van der Waals surface area contributed by atoms with Crippen LogP contribution in [0.25, 0.3) is 11.0 Å². The molecule has 2 aliphatic heterocycles. The number of fused-ring (bicyclic) bond motifs is 5. The van der Waals surface area contributed by atoms with Gasteiger partial charge >= 0.3 is 0 Å². The van der Waals surface area contributed by atoms with E-state index in [9.17, 15) is 18.8 Å². The van der Waals surface area contributed by atoms with Crippen LogP contribution >= 0.6 is 11.6 Å². The molecule has 4 aromatic rings. The number of amides is 2. The first kappa shape index (κ1) is 21.6. The summed E-state index contributed by atoms with van der Waals surface area (Å²) in [7, 11) is 0. The number of nitrogens with zero attached hydrogens (tertiary/aromatic N) is 2. The number of para-hydroxylation sites is 1. The van der Waals surface area contributed by atoms with Crippen LogP contribution < -0.4 is 10.3 Å². The summed E-state index contributed by atoms with van der Waals surface area (Å²) in [6.07, 6.45) is 0. The lowest BCUT2D eigenvalue weighted by Gasteiger charge is -2.34. The van der Waals surface area contributed by atoms with E-state index in [1.165, 1.54) is 29.2 Å². The van der Waals surface area contributed by atoms with E-state index in [2.05, 4.69) is 0 Å². The Balaban J connectivity index is 1.71. The van der Waals surface area contributed by atoms with Gasteiger partial charge < -0.3 is 14.2 Å². The third-order valence-corrected chi connectivity index (χ3v) is 7.00. The number of carbonyl (C=O) groups excluding carboxylic acids is 2. The Morgan fingerprint density at radius 2 is 1.74 bits per heavy atom. The molecule has 0 saturated heterocycles. The Kier molecular flexibility index (Phi) is 4.63. The smallest absolute Gasteiger partial charge is 0.291 e. The van der Waals surface area contributed by atoms with Crippen LogP contribution in [0.3, 0.4) is 0 Å². The zero-order chi connectivity index (χ0) is 24.5. The first-order valence-corrected chi connectivity index (χ1v) is 11.5. The van der Waals surface area contributed by atoms with Gasteiger partial charge in [0, 0.05) is 23.7 Å². The molecule has 3 aromatic carbocycles. The average molecular weight is 489 g/mol. The van der Waals surface area contributed by atoms with Gasteiger partial charge in [-0.1, -0.05) is 41.9 Å². The number of carbonyl (C=O) groups is 2. The Morgan fingerprint density at radius 1 is 1.00 bits per heavy atom. The van der Waals surface area contributed by atoms with Crippen molar-refractivity contribution >= 4 is 40.1 Å². The van der Waals surface area contributed by atoms with Crippen LogP contribution in [0.2, 0.25) is 5.02 Å². The third-order valence-electron chi connectivity index (χ3n) is 6.77. The number of rotatable bonds is 3. The second-order valence-corrected chi connectivity index (χ2v) is 9.01. The molecule has 0 N–H and O–H groups in total. The van der Waals surface area contributed by atoms with E-state index in [1.807, 2.05) is 6.92 Å². The van der Waals surface area contributed by atoms with Crippen LogP contribution in [0.4, 0.5) is 10.1 Å². The van der Waals surface area contributed by atoms with Crippen LogP contribution in [-0.2, 0) is 16.9 Å². The standard InChI is InChI=1S/C27H18ClFN2O4/c1-2-30-20-6-4-3-5-19(20)27(26(30)34)22-23(32)18-13-16(28)9-12-21(18)35-24(22)25(33)31(27)14-15-7-10-17(29)11-8-15/h3-13H,2,14H2,1H3. The summed E-state index contributed by atoms with van der Waals surface area (Å²) in [6.45, 7) is 2.14. The van der Waals surface area contributed by atoms with Crippen molar-refractivity contribution in [3.05, 3.63) is 110 Å². The van der Waals surface area contributed by atoms with Crippen molar-refractivity contribution < 1.29 is 18.4 Å². The lowest BCUT2D eigenvalue weighted by molar-refractivity contribution is -0.126. The molecule has 2 aliphatic rings. The molecule has 0 aliphatic carbocycles. The molecule has 2 amide bonds. The molecule has 0 fully saturated rings. The molecule has 0 bridgehead atoms. The molecule has 1 aromatic heterocycles. The first-order valence-electron chi connectivity index (χ1n) is 11.1. The van der Waals surface area contributed by atoms with Crippen LogP contribution in [0.5, 0.6) is 0 Å². The van der Waals surface area contributed by atoms with Crippen molar-refractivity contribution in [3.63, 3.8) is 0 Å². The van der Waals surface area contributed by atoms with E-state index in [4.69, 9.17) is 16.0 Å². The normalized spacial score (nSPS) is 18.6. The van der Waals surface area contributed by atoms with Crippen LogP contribution in [0.1, 0.15) is 34.2 Å². The van der Waals surface area contributed by atoms with Crippen LogP contribution in [0.15, 0.2) is 75.9 Å². The average Bonchev–Trinajstić information content (AvgIpc) is 3.25. The molecule has 0 radical (unpaired) electrons. The topological polar surface area (TPSA) is 70.8 Å². The van der Waals surface area contributed by atoms with E-state index < -0.39 is 28.6 Å². The second-order valence-electron chi connectivity index (χ2n) is 8.57. The molecule has 0 saturated carbocycles. The fraction of sp³-hybridized carbons (Fsp3) is 0.148. The molecule has 8 heteroatoms. The summed E-state index contributed by atoms with van der Waals surface area (Å²) in [6, 6.07) is 17.4. The largest absolute Gasteiger partial charge is 0.450 e. The molecule has 6 nitrogen and oxygen atoms in total. The highest BCUT2D eigenvalue weighted by Gasteiger charge is 2.64. The highest BCUT2D eigenvalue weighted by atomic mass is 35.5. The van der Waals surface area contributed by atoms with Gasteiger partial charge in [-0.3, -0.25) is 14.4 Å². The van der Waals surface area contributed by atoms with E-state index in [0.717, 1.165) is 0 Å². The molecule has 6 rings (SSSR count). The minimum atomic E-state index is -1.72. The van der Waals surface area contributed by atoms with Crippen molar-refractivity contribution in [2.45, 2.75) is 19.0 Å². The minimum absolute atomic E-state index is 0.0206. The minimum Gasteiger partial charge on any atom is -0.450 e. The van der Waals surface area contributed by atoms with Gasteiger partial charge in [0.1, 0.15) is 11.4 Å². The van der Waals surface area contributed by atoms with Crippen molar-refractivity contribution in [1.82, 2.24) is 4.90 Å². The monoisotopic (exact) mass is 488 g/mol.